The molecular weight excluding hydrogens is 270 g/mol. The molecule has 0 amide bonds. The van der Waals surface area contributed by atoms with E-state index in [0.717, 1.165) is 34.1 Å². The molecule has 0 saturated heterocycles. The van der Waals surface area contributed by atoms with Crippen LogP contribution >= 0.6 is 11.8 Å². The van der Waals surface area contributed by atoms with Crippen molar-refractivity contribution >= 4 is 22.9 Å². The molecule has 0 unspecified atom stereocenters. The summed E-state index contributed by atoms with van der Waals surface area (Å²) in [5.74, 6) is 2.64. The third-order valence-corrected chi connectivity index (χ3v) is 3.87. The minimum Gasteiger partial charge on any atom is -0.496 e. The summed E-state index contributed by atoms with van der Waals surface area (Å²) in [6, 6.07) is 10.0. The number of hydrogen-bond acceptors (Lipinski definition) is 4. The zero-order valence-electron chi connectivity index (χ0n) is 11.4. The summed E-state index contributed by atoms with van der Waals surface area (Å²) >= 11 is 1.79. The Kier molecular flexibility index (Phi) is 3.60. The van der Waals surface area contributed by atoms with E-state index in [1.54, 1.807) is 25.1 Å². The number of rotatable bonds is 4. The molecule has 2 aromatic heterocycles. The lowest BCUT2D eigenvalue weighted by atomic mass is 10.2. The minimum atomic E-state index is 0.719. The van der Waals surface area contributed by atoms with Crippen molar-refractivity contribution in [1.29, 1.82) is 0 Å². The topological polar surface area (TPSA) is 50.8 Å². The number of pyridine rings is 1. The van der Waals surface area contributed by atoms with E-state index >= 15 is 0 Å². The van der Waals surface area contributed by atoms with Crippen LogP contribution in [0.25, 0.3) is 22.6 Å². The number of H-pyrrole nitrogens is 1. The number of nitrogens with zero attached hydrogens (tertiary/aromatic N) is 2. The minimum absolute atomic E-state index is 0.719. The molecule has 0 aliphatic rings. The molecule has 0 aliphatic heterocycles. The average Bonchev–Trinajstić information content (AvgIpc) is 2.91. The van der Waals surface area contributed by atoms with Crippen molar-refractivity contribution in [2.45, 2.75) is 11.8 Å². The molecule has 1 N–H and O–H groups in total. The lowest BCUT2D eigenvalue weighted by Crippen LogP contribution is -1.90. The highest BCUT2D eigenvalue weighted by Crippen LogP contribution is 2.33. The van der Waals surface area contributed by atoms with Crippen LogP contribution < -0.4 is 4.74 Å². The Morgan fingerprint density at radius 3 is 2.95 bits per heavy atom. The fraction of sp³-hybridized carbons (Fsp3) is 0.200. The summed E-state index contributed by atoms with van der Waals surface area (Å²) in [5, 5.41) is 0. The van der Waals surface area contributed by atoms with E-state index in [-0.39, 0.29) is 0 Å². The quantitative estimate of drug-likeness (QED) is 0.742. The maximum Gasteiger partial charge on any atom is 0.178 e. The van der Waals surface area contributed by atoms with E-state index in [1.807, 2.05) is 24.3 Å². The van der Waals surface area contributed by atoms with Crippen LogP contribution in [0, 0.1) is 0 Å². The summed E-state index contributed by atoms with van der Waals surface area (Å²) < 4.78 is 5.49. The van der Waals surface area contributed by atoms with Crippen LogP contribution in [0.3, 0.4) is 0 Å². The van der Waals surface area contributed by atoms with Crippen molar-refractivity contribution in [3.63, 3.8) is 0 Å². The second-order valence-corrected chi connectivity index (χ2v) is 5.59. The van der Waals surface area contributed by atoms with Crippen molar-refractivity contribution in [3.05, 3.63) is 36.5 Å². The third-order valence-electron chi connectivity index (χ3n) is 3.00. The summed E-state index contributed by atoms with van der Waals surface area (Å²) in [4.78, 5) is 13.2. The van der Waals surface area contributed by atoms with Crippen LogP contribution in [0.4, 0.5) is 0 Å². The van der Waals surface area contributed by atoms with E-state index in [0.29, 0.717) is 0 Å². The number of ether oxygens (including phenoxy) is 1. The van der Waals surface area contributed by atoms with Gasteiger partial charge in [-0.25, -0.2) is 9.97 Å². The van der Waals surface area contributed by atoms with E-state index < -0.39 is 0 Å². The van der Waals surface area contributed by atoms with Gasteiger partial charge in [0, 0.05) is 11.1 Å². The number of aromatic amines is 1. The number of thioether (sulfide) groups is 1. The first-order chi connectivity index (χ1) is 9.81. The van der Waals surface area contributed by atoms with Crippen molar-refractivity contribution in [1.82, 2.24) is 15.0 Å². The van der Waals surface area contributed by atoms with E-state index in [1.165, 1.54) is 4.90 Å². The zero-order valence-corrected chi connectivity index (χ0v) is 12.2. The zero-order chi connectivity index (χ0) is 13.9. The predicted octanol–water partition coefficient (Wildman–Crippen LogP) is 3.75. The standard InChI is InChI=1S/C15H15N3OS/c1-3-20-10-6-7-11(13(9-10)19-2)14-17-12-5-4-8-16-15(12)18-14/h4-9H,3H2,1-2H3,(H,16,17,18). The number of methoxy groups -OCH3 is 1. The molecular formula is C15H15N3OS. The van der Waals surface area contributed by atoms with Gasteiger partial charge in [-0.05, 0) is 36.1 Å². The predicted molar refractivity (Wildman–Crippen MR) is 82.3 cm³/mol. The van der Waals surface area contributed by atoms with Crippen LogP contribution in [0.1, 0.15) is 6.92 Å². The SMILES string of the molecule is CCSc1ccc(-c2nc3ncccc3[nH]2)c(OC)c1. The number of hydrogen-bond donors (Lipinski definition) is 1. The van der Waals surface area contributed by atoms with Crippen molar-refractivity contribution in [2.75, 3.05) is 12.9 Å². The molecule has 0 atom stereocenters. The second-order valence-electron chi connectivity index (χ2n) is 4.26. The lowest BCUT2D eigenvalue weighted by Gasteiger charge is -2.08. The Hall–Kier alpha value is -2.01. The van der Waals surface area contributed by atoms with Crippen LogP contribution in [0.5, 0.6) is 5.75 Å². The van der Waals surface area contributed by atoms with E-state index in [9.17, 15) is 0 Å². The number of imidazole rings is 1. The van der Waals surface area contributed by atoms with Crippen LogP contribution in [0.15, 0.2) is 41.4 Å². The second kappa shape index (κ2) is 5.54. The fourth-order valence-corrected chi connectivity index (χ4v) is 2.78. The van der Waals surface area contributed by atoms with Gasteiger partial charge in [-0.15, -0.1) is 11.8 Å². The molecule has 1 aromatic carbocycles. The summed E-state index contributed by atoms with van der Waals surface area (Å²) in [7, 11) is 1.68. The van der Waals surface area contributed by atoms with E-state index in [4.69, 9.17) is 4.74 Å². The smallest absolute Gasteiger partial charge is 0.178 e. The molecule has 2 heterocycles. The van der Waals surface area contributed by atoms with Gasteiger partial charge in [-0.2, -0.15) is 0 Å². The molecule has 20 heavy (non-hydrogen) atoms. The summed E-state index contributed by atoms with van der Waals surface area (Å²) in [5.41, 5.74) is 2.60. The van der Waals surface area contributed by atoms with Crippen molar-refractivity contribution < 1.29 is 4.74 Å². The van der Waals surface area contributed by atoms with Crippen LogP contribution in [0.2, 0.25) is 0 Å². The van der Waals surface area contributed by atoms with Gasteiger partial charge in [0.05, 0.1) is 18.2 Å². The lowest BCUT2D eigenvalue weighted by molar-refractivity contribution is 0.415. The monoisotopic (exact) mass is 285 g/mol. The summed E-state index contributed by atoms with van der Waals surface area (Å²) in [6.45, 7) is 2.13. The molecule has 0 saturated carbocycles. The van der Waals surface area contributed by atoms with Gasteiger partial charge in [0.2, 0.25) is 0 Å². The Morgan fingerprint density at radius 1 is 1.30 bits per heavy atom. The highest BCUT2D eigenvalue weighted by atomic mass is 32.2. The number of fused-ring (bicyclic) bond motifs is 1. The van der Waals surface area contributed by atoms with Gasteiger partial charge in [-0.3, -0.25) is 0 Å². The molecule has 3 rings (SSSR count). The molecule has 0 fully saturated rings. The fourth-order valence-electron chi connectivity index (χ4n) is 2.10. The molecule has 102 valence electrons. The largest absolute Gasteiger partial charge is 0.496 e. The van der Waals surface area contributed by atoms with Crippen LogP contribution in [-0.4, -0.2) is 27.8 Å². The Morgan fingerprint density at radius 2 is 2.20 bits per heavy atom. The average molecular weight is 285 g/mol. The Balaban J connectivity index is 2.08. The van der Waals surface area contributed by atoms with Gasteiger partial charge in [0.25, 0.3) is 0 Å². The molecule has 0 bridgehead atoms. The number of benzene rings is 1. The van der Waals surface area contributed by atoms with Crippen molar-refractivity contribution in [2.24, 2.45) is 0 Å². The Bertz CT molecular complexity index is 706. The van der Waals surface area contributed by atoms with Gasteiger partial charge in [-0.1, -0.05) is 6.92 Å². The highest BCUT2D eigenvalue weighted by Gasteiger charge is 2.11. The normalized spacial score (nSPS) is 10.9. The first-order valence-electron chi connectivity index (χ1n) is 6.43. The van der Waals surface area contributed by atoms with Gasteiger partial charge >= 0.3 is 0 Å². The van der Waals surface area contributed by atoms with Crippen LogP contribution in [-0.2, 0) is 0 Å². The first kappa shape index (κ1) is 13.0. The van der Waals surface area contributed by atoms with Gasteiger partial charge < -0.3 is 9.72 Å². The van der Waals surface area contributed by atoms with Crippen molar-refractivity contribution in [3.8, 4) is 17.1 Å². The molecule has 0 spiro atoms. The highest BCUT2D eigenvalue weighted by molar-refractivity contribution is 7.99. The molecule has 0 radical (unpaired) electrons. The van der Waals surface area contributed by atoms with Gasteiger partial charge in [0.1, 0.15) is 11.6 Å². The van der Waals surface area contributed by atoms with E-state index in [2.05, 4.69) is 27.9 Å². The molecule has 3 aromatic rings. The maximum absolute atomic E-state index is 5.49. The Labute approximate surface area is 121 Å². The molecule has 0 aliphatic carbocycles. The first-order valence-corrected chi connectivity index (χ1v) is 7.42. The summed E-state index contributed by atoms with van der Waals surface area (Å²) in [6.07, 6.45) is 1.74. The molecule has 4 nitrogen and oxygen atoms in total. The molecule has 5 heteroatoms. The number of aromatic nitrogens is 3. The third kappa shape index (κ3) is 2.36. The maximum atomic E-state index is 5.49. The number of nitrogens with one attached hydrogen (secondary N) is 1. The van der Waals surface area contributed by atoms with Gasteiger partial charge in [0.15, 0.2) is 5.65 Å².